The van der Waals surface area contributed by atoms with Gasteiger partial charge in [-0.15, -0.1) is 0 Å². The Morgan fingerprint density at radius 2 is 1.50 bits per heavy atom. The van der Waals surface area contributed by atoms with Crippen LogP contribution in [0, 0.1) is 6.92 Å². The lowest BCUT2D eigenvalue weighted by atomic mass is 10.0. The van der Waals surface area contributed by atoms with E-state index in [1.54, 1.807) is 0 Å². The molecule has 0 aliphatic rings. The summed E-state index contributed by atoms with van der Waals surface area (Å²) in [4.78, 5) is 2.24. The molecule has 18 heavy (non-hydrogen) atoms. The highest BCUT2D eigenvalue weighted by atomic mass is 15.1. The molecule has 0 unspecified atom stereocenters. The summed E-state index contributed by atoms with van der Waals surface area (Å²) < 4.78 is 0. The molecule has 1 heteroatoms. The average Bonchev–Trinajstić information content (AvgIpc) is 2.38. The summed E-state index contributed by atoms with van der Waals surface area (Å²) >= 11 is 0. The molecule has 0 amide bonds. The maximum atomic E-state index is 2.24. The Hall–Kier alpha value is -1.76. The van der Waals surface area contributed by atoms with Crippen LogP contribution in [0.4, 0.5) is 11.4 Å². The lowest BCUT2D eigenvalue weighted by Crippen LogP contribution is -2.10. The Kier molecular flexibility index (Phi) is 3.71. The zero-order valence-corrected chi connectivity index (χ0v) is 11.6. The minimum atomic E-state index is 0.586. The summed E-state index contributed by atoms with van der Waals surface area (Å²) in [5, 5.41) is 0. The molecule has 0 aliphatic heterocycles. The molecular formula is C17H21N. The molecule has 0 bridgehead atoms. The van der Waals surface area contributed by atoms with Gasteiger partial charge in [0.2, 0.25) is 0 Å². The molecule has 94 valence electrons. The molecule has 0 heterocycles. The van der Waals surface area contributed by atoms with Crippen molar-refractivity contribution >= 4 is 11.4 Å². The first kappa shape index (κ1) is 12.7. The molecule has 0 spiro atoms. The van der Waals surface area contributed by atoms with Crippen LogP contribution in [-0.2, 0) is 0 Å². The van der Waals surface area contributed by atoms with E-state index in [2.05, 4.69) is 81.2 Å². The summed E-state index contributed by atoms with van der Waals surface area (Å²) in [6.45, 7) is 6.59. The highest BCUT2D eigenvalue weighted by Gasteiger charge is 2.06. The predicted octanol–water partition coefficient (Wildman–Crippen LogP) is 4.89. The van der Waals surface area contributed by atoms with Crippen molar-refractivity contribution in [2.24, 2.45) is 0 Å². The third-order valence-corrected chi connectivity index (χ3v) is 3.42. The van der Waals surface area contributed by atoms with E-state index in [0.29, 0.717) is 5.92 Å². The van der Waals surface area contributed by atoms with Crippen molar-refractivity contribution < 1.29 is 0 Å². The fourth-order valence-corrected chi connectivity index (χ4v) is 2.16. The van der Waals surface area contributed by atoms with E-state index in [4.69, 9.17) is 0 Å². The normalized spacial score (nSPS) is 10.7. The van der Waals surface area contributed by atoms with Crippen molar-refractivity contribution in [3.63, 3.8) is 0 Å². The van der Waals surface area contributed by atoms with E-state index < -0.39 is 0 Å². The van der Waals surface area contributed by atoms with E-state index in [9.17, 15) is 0 Å². The fourth-order valence-electron chi connectivity index (χ4n) is 2.16. The van der Waals surface area contributed by atoms with Crippen molar-refractivity contribution in [1.29, 1.82) is 0 Å². The van der Waals surface area contributed by atoms with Gasteiger partial charge in [0.05, 0.1) is 0 Å². The second kappa shape index (κ2) is 5.26. The number of nitrogens with zero attached hydrogens (tertiary/aromatic N) is 1. The summed E-state index contributed by atoms with van der Waals surface area (Å²) in [7, 11) is 2.12. The zero-order chi connectivity index (χ0) is 13.1. The minimum Gasteiger partial charge on any atom is -0.344 e. The van der Waals surface area contributed by atoms with Crippen molar-refractivity contribution in [1.82, 2.24) is 0 Å². The molecule has 2 aromatic rings. The van der Waals surface area contributed by atoms with Crippen LogP contribution in [0.3, 0.4) is 0 Å². The summed E-state index contributed by atoms with van der Waals surface area (Å²) in [5.41, 5.74) is 5.17. The summed E-state index contributed by atoms with van der Waals surface area (Å²) in [5.74, 6) is 0.586. The third kappa shape index (κ3) is 2.56. The molecular weight excluding hydrogens is 218 g/mol. The molecule has 0 saturated carbocycles. The standard InChI is InChI=1S/C17H21N/c1-13(2)15-9-11-16(12-10-15)18(4)17-8-6-5-7-14(17)3/h5-13H,1-4H3. The van der Waals surface area contributed by atoms with Crippen LogP contribution in [-0.4, -0.2) is 7.05 Å². The van der Waals surface area contributed by atoms with Crippen LogP contribution in [0.5, 0.6) is 0 Å². The monoisotopic (exact) mass is 239 g/mol. The van der Waals surface area contributed by atoms with E-state index in [1.165, 1.54) is 22.5 Å². The Labute approximate surface area is 110 Å². The predicted molar refractivity (Wildman–Crippen MR) is 79.8 cm³/mol. The van der Waals surface area contributed by atoms with Crippen molar-refractivity contribution in [3.05, 3.63) is 59.7 Å². The van der Waals surface area contributed by atoms with Gasteiger partial charge in [-0.1, -0.05) is 44.2 Å². The molecule has 0 saturated heterocycles. The average molecular weight is 239 g/mol. The SMILES string of the molecule is Cc1ccccc1N(C)c1ccc(C(C)C)cc1. The van der Waals surface area contributed by atoms with Gasteiger partial charge in [-0.25, -0.2) is 0 Å². The van der Waals surface area contributed by atoms with Crippen LogP contribution < -0.4 is 4.90 Å². The highest BCUT2D eigenvalue weighted by Crippen LogP contribution is 2.27. The largest absolute Gasteiger partial charge is 0.344 e. The summed E-state index contributed by atoms with van der Waals surface area (Å²) in [6, 6.07) is 17.3. The molecule has 2 rings (SSSR count). The Balaban J connectivity index is 2.29. The van der Waals surface area contributed by atoms with Gasteiger partial charge >= 0.3 is 0 Å². The molecule has 0 atom stereocenters. The van der Waals surface area contributed by atoms with E-state index in [0.717, 1.165) is 0 Å². The number of para-hydroxylation sites is 1. The van der Waals surface area contributed by atoms with E-state index >= 15 is 0 Å². The van der Waals surface area contributed by atoms with Gasteiger partial charge in [0.25, 0.3) is 0 Å². The maximum Gasteiger partial charge on any atom is 0.0437 e. The molecule has 1 nitrogen and oxygen atoms in total. The van der Waals surface area contributed by atoms with E-state index in [1.807, 2.05) is 0 Å². The first-order valence-electron chi connectivity index (χ1n) is 6.49. The number of hydrogen-bond acceptors (Lipinski definition) is 1. The highest BCUT2D eigenvalue weighted by molar-refractivity contribution is 5.65. The topological polar surface area (TPSA) is 3.24 Å². The van der Waals surface area contributed by atoms with Crippen molar-refractivity contribution in [2.45, 2.75) is 26.7 Å². The number of anilines is 2. The molecule has 0 fully saturated rings. The van der Waals surface area contributed by atoms with Gasteiger partial charge in [-0.05, 0) is 42.2 Å². The minimum absolute atomic E-state index is 0.586. The van der Waals surface area contributed by atoms with Crippen molar-refractivity contribution in [2.75, 3.05) is 11.9 Å². The smallest absolute Gasteiger partial charge is 0.0437 e. The van der Waals surface area contributed by atoms with Crippen LogP contribution in [0.1, 0.15) is 30.9 Å². The molecule has 0 aliphatic carbocycles. The van der Waals surface area contributed by atoms with Crippen LogP contribution in [0.2, 0.25) is 0 Å². The molecule has 2 aromatic carbocycles. The Morgan fingerprint density at radius 3 is 2.06 bits per heavy atom. The number of aryl methyl sites for hydroxylation is 1. The zero-order valence-electron chi connectivity index (χ0n) is 11.6. The summed E-state index contributed by atoms with van der Waals surface area (Å²) in [6.07, 6.45) is 0. The van der Waals surface area contributed by atoms with E-state index in [-0.39, 0.29) is 0 Å². The second-order valence-corrected chi connectivity index (χ2v) is 5.09. The number of benzene rings is 2. The number of rotatable bonds is 3. The second-order valence-electron chi connectivity index (χ2n) is 5.09. The van der Waals surface area contributed by atoms with Crippen LogP contribution in [0.15, 0.2) is 48.5 Å². The van der Waals surface area contributed by atoms with Gasteiger partial charge < -0.3 is 4.90 Å². The van der Waals surface area contributed by atoms with Crippen LogP contribution >= 0.6 is 0 Å². The molecule has 0 radical (unpaired) electrons. The maximum absolute atomic E-state index is 2.24. The quantitative estimate of drug-likeness (QED) is 0.737. The third-order valence-electron chi connectivity index (χ3n) is 3.42. The van der Waals surface area contributed by atoms with Crippen LogP contribution in [0.25, 0.3) is 0 Å². The van der Waals surface area contributed by atoms with Gasteiger partial charge in [-0.2, -0.15) is 0 Å². The molecule has 0 aromatic heterocycles. The molecule has 0 N–H and O–H groups in total. The number of hydrogen-bond donors (Lipinski definition) is 0. The lowest BCUT2D eigenvalue weighted by molar-refractivity contribution is 0.866. The van der Waals surface area contributed by atoms with Gasteiger partial charge in [-0.3, -0.25) is 0 Å². The lowest BCUT2D eigenvalue weighted by Gasteiger charge is -2.22. The van der Waals surface area contributed by atoms with Gasteiger partial charge in [0, 0.05) is 18.4 Å². The Morgan fingerprint density at radius 1 is 0.889 bits per heavy atom. The first-order chi connectivity index (χ1) is 8.59. The van der Waals surface area contributed by atoms with Gasteiger partial charge in [0.1, 0.15) is 0 Å². The van der Waals surface area contributed by atoms with Crippen molar-refractivity contribution in [3.8, 4) is 0 Å². The first-order valence-corrected chi connectivity index (χ1v) is 6.49. The van der Waals surface area contributed by atoms with Gasteiger partial charge in [0.15, 0.2) is 0 Å². The fraction of sp³-hybridized carbons (Fsp3) is 0.294. The Bertz CT molecular complexity index is 511.